The van der Waals surface area contributed by atoms with Crippen LogP contribution in [0.4, 0.5) is 5.00 Å². The third-order valence-electron chi connectivity index (χ3n) is 2.31. The van der Waals surface area contributed by atoms with E-state index in [9.17, 15) is 9.59 Å². The van der Waals surface area contributed by atoms with Crippen LogP contribution in [-0.4, -0.2) is 35.5 Å². The highest BCUT2D eigenvalue weighted by Crippen LogP contribution is 2.27. The number of nitrogens with zero attached hydrogens (tertiary/aromatic N) is 1. The van der Waals surface area contributed by atoms with Gasteiger partial charge in [-0.3, -0.25) is 9.69 Å². The number of thiophene rings is 1. The van der Waals surface area contributed by atoms with Crippen LogP contribution in [0.1, 0.15) is 11.3 Å². The average molecular weight is 273 g/mol. The third-order valence-corrected chi connectivity index (χ3v) is 3.97. The average Bonchev–Trinajstić information content (AvgIpc) is 2.70. The lowest BCUT2D eigenvalue weighted by Gasteiger charge is -2.23. The molecular weight excluding hydrogens is 258 g/mol. The minimum Gasteiger partial charge on any atom is -0.480 e. The number of aliphatic carboxylic acids is 1. The van der Waals surface area contributed by atoms with Crippen molar-refractivity contribution in [3.63, 3.8) is 0 Å². The Hall–Kier alpha value is -1.01. The van der Waals surface area contributed by atoms with Gasteiger partial charge >= 0.3 is 5.97 Å². The molecule has 1 atom stereocenters. The standard InChI is InChI=1S/C11H15NO3S2/c1-8-3-4-10(17-8)12(7-13)9(11(14)15)5-6-16-2/h3-4,7,9H,5-6H2,1-2H3,(H,14,15). The van der Waals surface area contributed by atoms with Gasteiger partial charge in [-0.05, 0) is 37.5 Å². The molecule has 6 heteroatoms. The van der Waals surface area contributed by atoms with Crippen molar-refractivity contribution < 1.29 is 14.7 Å². The normalized spacial score (nSPS) is 12.1. The van der Waals surface area contributed by atoms with Crippen LogP contribution in [-0.2, 0) is 9.59 Å². The molecule has 4 nitrogen and oxygen atoms in total. The Morgan fingerprint density at radius 3 is 2.76 bits per heavy atom. The SMILES string of the molecule is CSCCC(C(=O)O)N(C=O)c1ccc(C)s1. The first-order valence-corrected chi connectivity index (χ1v) is 7.33. The largest absolute Gasteiger partial charge is 0.480 e. The second-order valence-corrected chi connectivity index (χ2v) is 5.78. The first kappa shape index (κ1) is 14.1. The molecule has 0 bridgehead atoms. The van der Waals surface area contributed by atoms with E-state index < -0.39 is 12.0 Å². The van der Waals surface area contributed by atoms with E-state index in [0.717, 1.165) is 4.88 Å². The summed E-state index contributed by atoms with van der Waals surface area (Å²) in [6.07, 6.45) is 2.97. The summed E-state index contributed by atoms with van der Waals surface area (Å²) in [5, 5.41) is 9.85. The van der Waals surface area contributed by atoms with Crippen LogP contribution in [0.15, 0.2) is 12.1 Å². The molecule has 0 aliphatic heterocycles. The van der Waals surface area contributed by atoms with Gasteiger partial charge in [0.15, 0.2) is 0 Å². The molecule has 0 aromatic carbocycles. The summed E-state index contributed by atoms with van der Waals surface area (Å²) in [6, 6.07) is 2.88. The Morgan fingerprint density at radius 2 is 2.35 bits per heavy atom. The summed E-state index contributed by atoms with van der Waals surface area (Å²) < 4.78 is 0. The lowest BCUT2D eigenvalue weighted by molar-refractivity contribution is -0.139. The van der Waals surface area contributed by atoms with E-state index in [4.69, 9.17) is 5.11 Å². The van der Waals surface area contributed by atoms with Crippen molar-refractivity contribution in [1.82, 2.24) is 0 Å². The van der Waals surface area contributed by atoms with E-state index >= 15 is 0 Å². The molecule has 1 heterocycles. The summed E-state index contributed by atoms with van der Waals surface area (Å²) in [6.45, 7) is 1.93. The minimum absolute atomic E-state index is 0.451. The molecule has 94 valence electrons. The Labute approximate surface area is 109 Å². The third kappa shape index (κ3) is 3.74. The predicted octanol–water partition coefficient (Wildman–Crippen LogP) is 2.23. The van der Waals surface area contributed by atoms with Gasteiger partial charge in [0.05, 0.1) is 5.00 Å². The number of hydrogen-bond donors (Lipinski definition) is 1. The summed E-state index contributed by atoms with van der Waals surface area (Å²) in [5.41, 5.74) is 0. The molecule has 0 aliphatic carbocycles. The maximum absolute atomic E-state index is 11.2. The van der Waals surface area contributed by atoms with Crippen LogP contribution >= 0.6 is 23.1 Å². The zero-order chi connectivity index (χ0) is 12.8. The summed E-state index contributed by atoms with van der Waals surface area (Å²) in [4.78, 5) is 24.6. The maximum Gasteiger partial charge on any atom is 0.326 e. The molecule has 0 spiro atoms. The van der Waals surface area contributed by atoms with Gasteiger partial charge in [-0.1, -0.05) is 0 Å². The van der Waals surface area contributed by atoms with E-state index in [-0.39, 0.29) is 0 Å². The molecule has 1 aromatic heterocycles. The lowest BCUT2D eigenvalue weighted by atomic mass is 10.2. The van der Waals surface area contributed by atoms with Crippen LogP contribution in [0.3, 0.4) is 0 Å². The zero-order valence-electron chi connectivity index (χ0n) is 9.75. The Bertz CT molecular complexity index is 392. The minimum atomic E-state index is -0.961. The van der Waals surface area contributed by atoms with Gasteiger partial charge in [-0.25, -0.2) is 4.79 Å². The van der Waals surface area contributed by atoms with Gasteiger partial charge in [0.2, 0.25) is 6.41 Å². The molecule has 1 amide bonds. The van der Waals surface area contributed by atoms with Gasteiger partial charge in [0.25, 0.3) is 0 Å². The number of rotatable bonds is 7. The van der Waals surface area contributed by atoms with Crippen molar-refractivity contribution in [3.8, 4) is 0 Å². The summed E-state index contributed by atoms with van der Waals surface area (Å²) >= 11 is 3.00. The van der Waals surface area contributed by atoms with Gasteiger partial charge in [-0.2, -0.15) is 11.8 Å². The fraction of sp³-hybridized carbons (Fsp3) is 0.455. The second-order valence-electron chi connectivity index (χ2n) is 3.53. The smallest absolute Gasteiger partial charge is 0.326 e. The van der Waals surface area contributed by atoms with Crippen molar-refractivity contribution in [2.24, 2.45) is 0 Å². The Balaban J connectivity index is 2.88. The van der Waals surface area contributed by atoms with Crippen molar-refractivity contribution in [3.05, 3.63) is 17.0 Å². The summed E-state index contributed by atoms with van der Waals surface area (Å²) in [5.74, 6) is -0.247. The molecule has 17 heavy (non-hydrogen) atoms. The van der Waals surface area contributed by atoms with Crippen LogP contribution in [0, 0.1) is 6.92 Å². The van der Waals surface area contributed by atoms with Crippen molar-refractivity contribution >= 4 is 40.5 Å². The fourth-order valence-corrected chi connectivity index (χ4v) is 2.79. The number of carboxylic acid groups (broad SMARTS) is 1. The molecular formula is C11H15NO3S2. The van der Waals surface area contributed by atoms with Gasteiger partial charge < -0.3 is 5.11 Å². The quantitative estimate of drug-likeness (QED) is 0.774. The highest BCUT2D eigenvalue weighted by molar-refractivity contribution is 7.98. The topological polar surface area (TPSA) is 57.6 Å². The number of thioether (sulfide) groups is 1. The Kier molecular flexibility index (Phi) is 5.50. The molecule has 1 rings (SSSR count). The summed E-state index contributed by atoms with van der Waals surface area (Å²) in [7, 11) is 0. The molecule has 0 fully saturated rings. The van der Waals surface area contributed by atoms with Gasteiger partial charge in [0, 0.05) is 4.88 Å². The number of anilines is 1. The first-order valence-electron chi connectivity index (χ1n) is 5.12. The van der Waals surface area contributed by atoms with E-state index in [0.29, 0.717) is 23.6 Å². The van der Waals surface area contributed by atoms with Crippen LogP contribution < -0.4 is 4.90 Å². The number of aryl methyl sites for hydroxylation is 1. The Morgan fingerprint density at radius 1 is 1.65 bits per heavy atom. The monoisotopic (exact) mass is 273 g/mol. The number of carboxylic acids is 1. The first-order chi connectivity index (χ1) is 8.10. The molecule has 0 aliphatic rings. The van der Waals surface area contributed by atoms with Gasteiger partial charge in [-0.15, -0.1) is 11.3 Å². The molecule has 0 saturated heterocycles. The van der Waals surface area contributed by atoms with Crippen molar-refractivity contribution in [2.45, 2.75) is 19.4 Å². The molecule has 0 saturated carbocycles. The van der Waals surface area contributed by atoms with Crippen LogP contribution in [0.25, 0.3) is 0 Å². The van der Waals surface area contributed by atoms with Crippen LogP contribution in [0.2, 0.25) is 0 Å². The van der Waals surface area contributed by atoms with Crippen molar-refractivity contribution in [1.29, 1.82) is 0 Å². The molecule has 1 unspecified atom stereocenters. The van der Waals surface area contributed by atoms with E-state index in [1.807, 2.05) is 19.2 Å². The number of hydrogen-bond acceptors (Lipinski definition) is 4. The highest BCUT2D eigenvalue weighted by Gasteiger charge is 2.26. The molecule has 1 N–H and O–H groups in total. The number of amides is 1. The number of carbonyl (C=O) groups excluding carboxylic acids is 1. The maximum atomic E-state index is 11.2. The van der Waals surface area contributed by atoms with Crippen LogP contribution in [0.5, 0.6) is 0 Å². The van der Waals surface area contributed by atoms with E-state index in [2.05, 4.69) is 0 Å². The highest BCUT2D eigenvalue weighted by atomic mass is 32.2. The zero-order valence-corrected chi connectivity index (χ0v) is 11.4. The van der Waals surface area contributed by atoms with E-state index in [1.54, 1.807) is 17.8 Å². The fourth-order valence-electron chi connectivity index (χ4n) is 1.45. The number of carbonyl (C=O) groups is 2. The lowest BCUT2D eigenvalue weighted by Crippen LogP contribution is -2.40. The molecule has 0 radical (unpaired) electrons. The second kappa shape index (κ2) is 6.66. The molecule has 1 aromatic rings. The van der Waals surface area contributed by atoms with Crippen molar-refractivity contribution in [2.75, 3.05) is 16.9 Å². The van der Waals surface area contributed by atoms with E-state index in [1.165, 1.54) is 16.2 Å². The predicted molar refractivity (Wildman–Crippen MR) is 72.0 cm³/mol. The van der Waals surface area contributed by atoms with Gasteiger partial charge in [0.1, 0.15) is 6.04 Å².